The predicted molar refractivity (Wildman–Crippen MR) is 87.1 cm³/mol. The highest BCUT2D eigenvalue weighted by molar-refractivity contribution is 6.42. The fraction of sp³-hybridized carbons (Fsp3) is 0.588. The van der Waals surface area contributed by atoms with Crippen molar-refractivity contribution in [2.45, 2.75) is 57.5 Å². The zero-order valence-corrected chi connectivity index (χ0v) is 13.8. The van der Waals surface area contributed by atoms with E-state index in [0.29, 0.717) is 22.4 Å². The van der Waals surface area contributed by atoms with E-state index in [0.717, 1.165) is 12.0 Å². The third-order valence-electron chi connectivity index (χ3n) is 4.45. The Bertz CT molecular complexity index is 496. The highest BCUT2D eigenvalue weighted by Crippen LogP contribution is 2.37. The average molecular weight is 329 g/mol. The predicted octanol–water partition coefficient (Wildman–Crippen LogP) is 5.00. The van der Waals surface area contributed by atoms with Gasteiger partial charge in [0.2, 0.25) is 0 Å². The number of rotatable bonds is 6. The van der Waals surface area contributed by atoms with Gasteiger partial charge >= 0.3 is 0 Å². The van der Waals surface area contributed by atoms with Gasteiger partial charge in [-0.1, -0.05) is 61.9 Å². The van der Waals surface area contributed by atoms with Crippen molar-refractivity contribution in [2.75, 3.05) is 0 Å². The molecule has 0 spiro atoms. The molecule has 2 atom stereocenters. The van der Waals surface area contributed by atoms with Crippen molar-refractivity contribution >= 4 is 29.0 Å². The van der Waals surface area contributed by atoms with E-state index in [2.05, 4.69) is 0 Å². The first kappa shape index (κ1) is 16.8. The van der Waals surface area contributed by atoms with Crippen LogP contribution in [0.25, 0.3) is 0 Å². The van der Waals surface area contributed by atoms with Gasteiger partial charge < -0.3 is 5.11 Å². The molecule has 1 aliphatic rings. The van der Waals surface area contributed by atoms with Crippen LogP contribution in [0.5, 0.6) is 0 Å². The van der Waals surface area contributed by atoms with Crippen LogP contribution in [0.15, 0.2) is 18.2 Å². The molecule has 1 aliphatic carbocycles. The summed E-state index contributed by atoms with van der Waals surface area (Å²) < 4.78 is 0. The van der Waals surface area contributed by atoms with Gasteiger partial charge in [-0.15, -0.1) is 0 Å². The maximum absolute atomic E-state index is 12.5. The molecular weight excluding hydrogens is 307 g/mol. The molecule has 21 heavy (non-hydrogen) atoms. The first-order valence-electron chi connectivity index (χ1n) is 7.69. The monoisotopic (exact) mass is 328 g/mol. The molecule has 1 saturated carbocycles. The molecule has 2 unspecified atom stereocenters. The number of aliphatic hydroxyl groups excluding tert-OH is 1. The number of aliphatic hydroxyl groups is 1. The van der Waals surface area contributed by atoms with Crippen LogP contribution < -0.4 is 0 Å². The van der Waals surface area contributed by atoms with Gasteiger partial charge in [-0.2, -0.15) is 0 Å². The Morgan fingerprint density at radius 3 is 2.52 bits per heavy atom. The van der Waals surface area contributed by atoms with Gasteiger partial charge in [0.1, 0.15) is 6.10 Å². The van der Waals surface area contributed by atoms with Gasteiger partial charge in [-0.05, 0) is 36.5 Å². The van der Waals surface area contributed by atoms with Crippen molar-refractivity contribution in [3.8, 4) is 0 Å². The maximum atomic E-state index is 12.5. The third-order valence-corrected chi connectivity index (χ3v) is 5.19. The molecule has 0 saturated heterocycles. The summed E-state index contributed by atoms with van der Waals surface area (Å²) in [5.74, 6) is 0.193. The van der Waals surface area contributed by atoms with E-state index in [4.69, 9.17) is 23.2 Å². The standard InChI is InChI=1S/C17H22Cl2O2/c1-2-16(20)17(21)13(9-11-5-3-4-6-11)12-7-8-14(18)15(19)10-12/h7-8,10-11,13,16,20H,2-6,9H2,1H3. The Kier molecular flexibility index (Phi) is 6.09. The van der Waals surface area contributed by atoms with Gasteiger partial charge in [0.15, 0.2) is 5.78 Å². The van der Waals surface area contributed by atoms with Crippen LogP contribution in [-0.2, 0) is 4.79 Å². The number of carbonyl (C=O) groups is 1. The summed E-state index contributed by atoms with van der Waals surface area (Å²) in [6, 6.07) is 5.35. The summed E-state index contributed by atoms with van der Waals surface area (Å²) in [6.45, 7) is 1.82. The van der Waals surface area contributed by atoms with Gasteiger partial charge in [-0.3, -0.25) is 4.79 Å². The van der Waals surface area contributed by atoms with Crippen molar-refractivity contribution in [3.63, 3.8) is 0 Å². The zero-order valence-electron chi connectivity index (χ0n) is 12.3. The first-order valence-corrected chi connectivity index (χ1v) is 8.45. The molecule has 0 heterocycles. The highest BCUT2D eigenvalue weighted by Gasteiger charge is 2.30. The fourth-order valence-electron chi connectivity index (χ4n) is 3.16. The summed E-state index contributed by atoms with van der Waals surface area (Å²) in [4.78, 5) is 12.5. The third kappa shape index (κ3) is 4.21. The second-order valence-corrected chi connectivity index (χ2v) is 6.75. The smallest absolute Gasteiger partial charge is 0.168 e. The number of benzene rings is 1. The Labute approximate surface area is 136 Å². The molecule has 1 fully saturated rings. The lowest BCUT2D eigenvalue weighted by atomic mass is 9.83. The Balaban J connectivity index is 2.24. The lowest BCUT2D eigenvalue weighted by molar-refractivity contribution is -0.129. The van der Waals surface area contributed by atoms with Crippen molar-refractivity contribution in [1.82, 2.24) is 0 Å². The minimum absolute atomic E-state index is 0.0946. The Morgan fingerprint density at radius 2 is 1.95 bits per heavy atom. The molecule has 1 N–H and O–H groups in total. The number of Topliss-reactive ketones (excluding diaryl/α,β-unsaturated/α-hetero) is 1. The molecule has 0 bridgehead atoms. The molecule has 0 radical (unpaired) electrons. The number of hydrogen-bond donors (Lipinski definition) is 1. The molecular formula is C17H22Cl2O2. The Hall–Kier alpha value is -0.570. The molecule has 2 rings (SSSR count). The molecule has 0 amide bonds. The normalized spacial score (nSPS) is 18.7. The molecule has 1 aromatic carbocycles. The highest BCUT2D eigenvalue weighted by atomic mass is 35.5. The molecule has 2 nitrogen and oxygen atoms in total. The summed E-state index contributed by atoms with van der Waals surface area (Å²) in [5, 5.41) is 10.9. The lowest BCUT2D eigenvalue weighted by Gasteiger charge is -2.22. The van der Waals surface area contributed by atoms with Crippen molar-refractivity contribution in [2.24, 2.45) is 5.92 Å². The van der Waals surface area contributed by atoms with Gasteiger partial charge in [0, 0.05) is 5.92 Å². The number of halogens is 2. The minimum atomic E-state index is -0.897. The van der Waals surface area contributed by atoms with Crippen molar-refractivity contribution in [3.05, 3.63) is 33.8 Å². The van der Waals surface area contributed by atoms with E-state index in [1.807, 2.05) is 13.0 Å². The first-order chi connectivity index (χ1) is 10.0. The second kappa shape index (κ2) is 7.62. The van der Waals surface area contributed by atoms with Crippen molar-refractivity contribution < 1.29 is 9.90 Å². The minimum Gasteiger partial charge on any atom is -0.385 e. The number of carbonyl (C=O) groups excluding carboxylic acids is 1. The SMILES string of the molecule is CCC(O)C(=O)C(CC1CCCC1)c1ccc(Cl)c(Cl)c1. The van der Waals surface area contributed by atoms with E-state index < -0.39 is 6.10 Å². The van der Waals surface area contributed by atoms with Gasteiger partial charge in [0.05, 0.1) is 10.0 Å². The quantitative estimate of drug-likeness (QED) is 0.798. The van der Waals surface area contributed by atoms with E-state index in [9.17, 15) is 9.90 Å². The van der Waals surface area contributed by atoms with Crippen LogP contribution in [-0.4, -0.2) is 17.0 Å². The molecule has 0 aliphatic heterocycles. The largest absolute Gasteiger partial charge is 0.385 e. The van der Waals surface area contributed by atoms with E-state index in [-0.39, 0.29) is 11.7 Å². The summed E-state index contributed by atoms with van der Waals surface area (Å²) in [7, 11) is 0. The lowest BCUT2D eigenvalue weighted by Crippen LogP contribution is -2.27. The average Bonchev–Trinajstić information content (AvgIpc) is 2.99. The van der Waals surface area contributed by atoms with Crippen LogP contribution >= 0.6 is 23.2 Å². The molecule has 0 aromatic heterocycles. The maximum Gasteiger partial charge on any atom is 0.168 e. The number of hydrogen-bond acceptors (Lipinski definition) is 2. The van der Waals surface area contributed by atoms with Crippen LogP contribution in [0.1, 0.15) is 56.9 Å². The molecule has 116 valence electrons. The van der Waals surface area contributed by atoms with Crippen LogP contribution in [0.2, 0.25) is 10.0 Å². The van der Waals surface area contributed by atoms with E-state index >= 15 is 0 Å². The summed E-state index contributed by atoms with van der Waals surface area (Å²) in [6.07, 6.45) is 5.17. The number of ketones is 1. The summed E-state index contributed by atoms with van der Waals surface area (Å²) in [5.41, 5.74) is 0.869. The van der Waals surface area contributed by atoms with Crippen LogP contribution in [0, 0.1) is 5.92 Å². The van der Waals surface area contributed by atoms with Gasteiger partial charge in [-0.25, -0.2) is 0 Å². The second-order valence-electron chi connectivity index (χ2n) is 5.94. The van der Waals surface area contributed by atoms with E-state index in [1.54, 1.807) is 12.1 Å². The van der Waals surface area contributed by atoms with Gasteiger partial charge in [0.25, 0.3) is 0 Å². The Morgan fingerprint density at radius 1 is 1.29 bits per heavy atom. The summed E-state index contributed by atoms with van der Waals surface area (Å²) >= 11 is 12.0. The topological polar surface area (TPSA) is 37.3 Å². The van der Waals surface area contributed by atoms with Crippen LogP contribution in [0.3, 0.4) is 0 Å². The van der Waals surface area contributed by atoms with Crippen molar-refractivity contribution in [1.29, 1.82) is 0 Å². The fourth-order valence-corrected chi connectivity index (χ4v) is 3.46. The molecule has 4 heteroatoms. The van der Waals surface area contributed by atoms with E-state index in [1.165, 1.54) is 25.7 Å². The zero-order chi connectivity index (χ0) is 15.4. The molecule has 1 aromatic rings. The van der Waals surface area contributed by atoms with Crippen LogP contribution in [0.4, 0.5) is 0 Å².